The second-order valence-corrected chi connectivity index (χ2v) is 12.0. The molecule has 0 amide bonds. The number of phenolic OH excluding ortho intramolecular Hbond substituents is 2. The van der Waals surface area contributed by atoms with Gasteiger partial charge in [-0.15, -0.1) is 0 Å². The van der Waals surface area contributed by atoms with Crippen molar-refractivity contribution in [3.05, 3.63) is 52.2 Å². The fourth-order valence-corrected chi connectivity index (χ4v) is 5.97. The highest BCUT2D eigenvalue weighted by atomic mass is 16.7. The Labute approximate surface area is 275 Å². The first-order chi connectivity index (χ1) is 23.3. The van der Waals surface area contributed by atoms with Crippen LogP contribution in [0.5, 0.6) is 17.2 Å². The maximum absolute atomic E-state index is 13.5. The van der Waals surface area contributed by atoms with Crippen LogP contribution in [0.25, 0.3) is 22.3 Å². The van der Waals surface area contributed by atoms with Crippen LogP contribution in [0.1, 0.15) is 11.7 Å². The van der Waals surface area contributed by atoms with E-state index in [9.17, 15) is 61.0 Å². The topological polar surface area (TPSA) is 299 Å². The summed E-state index contributed by atoms with van der Waals surface area (Å²) < 4.78 is 34.2. The van der Waals surface area contributed by atoms with Crippen molar-refractivity contribution in [1.29, 1.82) is 0 Å². The second kappa shape index (κ2) is 14.0. The molecule has 11 N–H and O–H groups in total. The lowest BCUT2D eigenvalue weighted by Gasteiger charge is -2.43. The van der Waals surface area contributed by atoms with E-state index in [1.54, 1.807) is 0 Å². The monoisotopic (exact) mass is 696 g/mol. The van der Waals surface area contributed by atoms with E-state index in [2.05, 4.69) is 0 Å². The molecule has 3 aliphatic heterocycles. The first kappa shape index (κ1) is 35.4. The van der Waals surface area contributed by atoms with Crippen molar-refractivity contribution in [1.82, 2.24) is 0 Å². The van der Waals surface area contributed by atoms with Crippen LogP contribution in [-0.2, 0) is 18.9 Å². The van der Waals surface area contributed by atoms with Crippen molar-refractivity contribution < 1.29 is 84.3 Å². The Hall–Kier alpha value is -3.47. The van der Waals surface area contributed by atoms with Gasteiger partial charge >= 0.3 is 0 Å². The van der Waals surface area contributed by atoms with E-state index in [-0.39, 0.29) is 17.1 Å². The number of benzene rings is 2. The SMILES string of the molecule is O=c1cc(-c2ccc(O)cc2)oc2cc(O[C@@H]3O[C@H](CO)[C@@H](O)[C@H](O)[C@H]3O)c([C@@H]3OC[C@H](O)[C@H](O)[C@H]3O[C@@H]3OC[C@H](O)[C@H](O)[C@H]3O)c(O)c12. The number of rotatable bonds is 7. The Bertz CT molecular complexity index is 1680. The molecule has 4 heterocycles. The zero-order chi connectivity index (χ0) is 35.3. The summed E-state index contributed by atoms with van der Waals surface area (Å²) in [7, 11) is 0. The minimum absolute atomic E-state index is 0.00120. The lowest BCUT2D eigenvalue weighted by molar-refractivity contribution is -0.316. The molecule has 1 aromatic heterocycles. The molecule has 6 rings (SSSR count). The molecule has 0 radical (unpaired) electrons. The smallest absolute Gasteiger partial charge is 0.229 e. The largest absolute Gasteiger partial charge is 0.508 e. The van der Waals surface area contributed by atoms with Gasteiger partial charge in [-0.2, -0.15) is 0 Å². The molecule has 0 bridgehead atoms. The summed E-state index contributed by atoms with van der Waals surface area (Å²) in [6.45, 7) is -1.86. The highest BCUT2D eigenvalue weighted by molar-refractivity contribution is 5.88. The quantitative estimate of drug-likeness (QED) is 0.115. The Morgan fingerprint density at radius 3 is 2.10 bits per heavy atom. The number of aliphatic hydroxyl groups is 9. The van der Waals surface area contributed by atoms with Crippen molar-refractivity contribution >= 4 is 11.0 Å². The third kappa shape index (κ3) is 6.59. The summed E-state index contributed by atoms with van der Waals surface area (Å²) >= 11 is 0. The first-order valence-electron chi connectivity index (χ1n) is 15.2. The second-order valence-electron chi connectivity index (χ2n) is 12.0. The highest BCUT2D eigenvalue weighted by Gasteiger charge is 2.49. The van der Waals surface area contributed by atoms with Crippen LogP contribution in [0.3, 0.4) is 0 Å². The van der Waals surface area contributed by atoms with Crippen LogP contribution in [0.4, 0.5) is 0 Å². The minimum atomic E-state index is -1.94. The lowest BCUT2D eigenvalue weighted by Crippen LogP contribution is -2.60. The molecule has 3 aliphatic rings. The van der Waals surface area contributed by atoms with Crippen LogP contribution in [0, 0.1) is 0 Å². The van der Waals surface area contributed by atoms with E-state index in [1.807, 2.05) is 0 Å². The van der Waals surface area contributed by atoms with Gasteiger partial charge in [0.05, 0.1) is 25.4 Å². The van der Waals surface area contributed by atoms with E-state index >= 15 is 0 Å². The molecule has 0 aliphatic carbocycles. The molecular formula is C31H36O18. The van der Waals surface area contributed by atoms with Gasteiger partial charge in [0.25, 0.3) is 0 Å². The fraction of sp³-hybridized carbons (Fsp3) is 0.516. The predicted molar refractivity (Wildman–Crippen MR) is 159 cm³/mol. The summed E-state index contributed by atoms with van der Waals surface area (Å²) in [4.78, 5) is 13.5. The van der Waals surface area contributed by atoms with E-state index in [0.717, 1.165) is 12.1 Å². The standard InChI is InChI=1S/C31H36O18/c32-7-18-23(39)25(41)27(43)31(48-18)47-17-6-16-19(12(34)5-15(46-16)10-1-3-11(33)4-2-10)24(40)20(17)28-29(22(38)14(36)8-44-28)49-30-26(42)21(37)13(35)9-45-30/h1-6,13-14,18,21-23,25-33,35-43H,7-9H2/t13-,14-,18+,21-,22-,23+,25-,26+,27+,28-,29+,30-,31+/m0/s1. The molecule has 268 valence electrons. The Morgan fingerprint density at radius 1 is 0.755 bits per heavy atom. The first-order valence-corrected chi connectivity index (χ1v) is 15.2. The van der Waals surface area contributed by atoms with E-state index in [4.69, 9.17) is 28.1 Å². The predicted octanol–water partition coefficient (Wildman–Crippen LogP) is -3.33. The van der Waals surface area contributed by atoms with Crippen molar-refractivity contribution in [2.24, 2.45) is 0 Å². The minimum Gasteiger partial charge on any atom is -0.508 e. The fourth-order valence-electron chi connectivity index (χ4n) is 5.97. The van der Waals surface area contributed by atoms with Crippen LogP contribution < -0.4 is 10.2 Å². The van der Waals surface area contributed by atoms with Crippen molar-refractivity contribution in [3.8, 4) is 28.6 Å². The van der Waals surface area contributed by atoms with E-state index < -0.39 is 127 Å². The number of hydrogen-bond acceptors (Lipinski definition) is 18. The van der Waals surface area contributed by atoms with Crippen molar-refractivity contribution in [2.75, 3.05) is 19.8 Å². The average molecular weight is 697 g/mol. The number of ether oxygens (including phenoxy) is 5. The molecule has 0 spiro atoms. The molecule has 18 heteroatoms. The molecule has 3 saturated heterocycles. The molecule has 18 nitrogen and oxygen atoms in total. The summed E-state index contributed by atoms with van der Waals surface area (Å²) in [6, 6.07) is 7.77. The molecule has 0 saturated carbocycles. The number of aliphatic hydroxyl groups excluding tert-OH is 9. The molecule has 49 heavy (non-hydrogen) atoms. The number of aromatic hydroxyl groups is 2. The molecule has 0 unspecified atom stereocenters. The normalized spacial score (nSPS) is 36.9. The third-order valence-corrected chi connectivity index (χ3v) is 8.74. The molecular weight excluding hydrogens is 660 g/mol. The number of phenols is 2. The Kier molecular flexibility index (Phi) is 10.1. The summed E-state index contributed by atoms with van der Waals surface area (Å²) in [5, 5.41) is 114. The molecule has 3 aromatic rings. The zero-order valence-electron chi connectivity index (χ0n) is 25.4. The molecule has 13 atom stereocenters. The van der Waals surface area contributed by atoms with E-state index in [0.29, 0.717) is 5.56 Å². The van der Waals surface area contributed by atoms with Crippen molar-refractivity contribution in [3.63, 3.8) is 0 Å². The van der Waals surface area contributed by atoms with Gasteiger partial charge < -0.3 is 84.3 Å². The maximum atomic E-state index is 13.5. The van der Waals surface area contributed by atoms with Gasteiger partial charge in [-0.1, -0.05) is 0 Å². The van der Waals surface area contributed by atoms with Gasteiger partial charge in [-0.3, -0.25) is 4.79 Å². The van der Waals surface area contributed by atoms with E-state index in [1.165, 1.54) is 24.3 Å². The van der Waals surface area contributed by atoms with Crippen LogP contribution >= 0.6 is 0 Å². The third-order valence-electron chi connectivity index (χ3n) is 8.74. The summed E-state index contributed by atoms with van der Waals surface area (Å²) in [5.74, 6) is -1.35. The van der Waals surface area contributed by atoms with Crippen LogP contribution in [0.2, 0.25) is 0 Å². The van der Waals surface area contributed by atoms with Gasteiger partial charge in [0, 0.05) is 17.7 Å². The highest BCUT2D eigenvalue weighted by Crippen LogP contribution is 2.46. The van der Waals surface area contributed by atoms with Gasteiger partial charge in [0.1, 0.15) is 101 Å². The van der Waals surface area contributed by atoms with Gasteiger partial charge in [-0.25, -0.2) is 0 Å². The van der Waals surface area contributed by atoms with Crippen LogP contribution in [-0.4, -0.2) is 150 Å². The lowest BCUT2D eigenvalue weighted by atomic mass is 9.91. The van der Waals surface area contributed by atoms with Gasteiger partial charge in [0.15, 0.2) is 11.7 Å². The summed E-state index contributed by atoms with van der Waals surface area (Å²) in [6.07, 6.45) is -22.4. The zero-order valence-corrected chi connectivity index (χ0v) is 25.4. The molecule has 3 fully saturated rings. The number of hydrogen-bond donors (Lipinski definition) is 11. The maximum Gasteiger partial charge on any atom is 0.229 e. The number of fused-ring (bicyclic) bond motifs is 1. The van der Waals surface area contributed by atoms with Crippen molar-refractivity contribution in [2.45, 2.75) is 79.7 Å². The van der Waals surface area contributed by atoms with Gasteiger partial charge in [0.2, 0.25) is 6.29 Å². The Balaban J connectivity index is 1.49. The van der Waals surface area contributed by atoms with Gasteiger partial charge in [-0.05, 0) is 24.3 Å². The van der Waals surface area contributed by atoms with Crippen LogP contribution in [0.15, 0.2) is 45.6 Å². The Morgan fingerprint density at radius 2 is 1.41 bits per heavy atom. The summed E-state index contributed by atoms with van der Waals surface area (Å²) in [5.41, 5.74) is -1.14. The molecule has 2 aromatic carbocycles. The average Bonchev–Trinajstić information content (AvgIpc) is 3.07.